The van der Waals surface area contributed by atoms with Gasteiger partial charge >= 0.3 is 0 Å². The van der Waals surface area contributed by atoms with Crippen molar-refractivity contribution in [3.05, 3.63) is 28.9 Å². The number of hydrogen-bond acceptors (Lipinski definition) is 2. The van der Waals surface area contributed by atoms with Gasteiger partial charge in [-0.15, -0.1) is 0 Å². The lowest BCUT2D eigenvalue weighted by atomic mass is 9.94. The molecule has 0 saturated carbocycles. The van der Waals surface area contributed by atoms with Crippen LogP contribution in [0.2, 0.25) is 0 Å². The lowest BCUT2D eigenvalue weighted by Crippen LogP contribution is -2.26. The summed E-state index contributed by atoms with van der Waals surface area (Å²) in [7, 11) is 0. The van der Waals surface area contributed by atoms with Crippen molar-refractivity contribution < 1.29 is 0 Å². The van der Waals surface area contributed by atoms with E-state index in [1.54, 1.807) is 0 Å². The first kappa shape index (κ1) is 8.17. The van der Waals surface area contributed by atoms with Crippen molar-refractivity contribution in [2.75, 3.05) is 0 Å². The van der Waals surface area contributed by atoms with Crippen LogP contribution in [-0.2, 0) is 0 Å². The standard InChI is InChI=1S/C11H12N2/c1-11(2)5-9-3-4-12-6-10(9)7-13-8-11/h3-8H,1-2H3. The third-order valence-corrected chi connectivity index (χ3v) is 2.04. The van der Waals surface area contributed by atoms with Crippen LogP contribution in [0.4, 0.5) is 0 Å². The first-order valence-corrected chi connectivity index (χ1v) is 4.35. The number of fused-ring (bicyclic) bond motifs is 1. The van der Waals surface area contributed by atoms with Crippen molar-refractivity contribution >= 4 is 18.5 Å². The van der Waals surface area contributed by atoms with Gasteiger partial charge in [0.2, 0.25) is 0 Å². The van der Waals surface area contributed by atoms with Gasteiger partial charge in [-0.1, -0.05) is 19.9 Å². The average Bonchev–Trinajstić information content (AvgIpc) is 2.21. The van der Waals surface area contributed by atoms with Crippen LogP contribution in [0.25, 0.3) is 12.3 Å². The summed E-state index contributed by atoms with van der Waals surface area (Å²) in [6.07, 6.45) is 9.66. The molecule has 0 saturated heterocycles. The molecule has 0 radical (unpaired) electrons. The Morgan fingerprint density at radius 1 is 1.23 bits per heavy atom. The minimum atomic E-state index is 0.0309. The lowest BCUT2D eigenvalue weighted by molar-refractivity contribution is 0.741. The molecule has 1 aromatic heterocycles. The minimum Gasteiger partial charge on any atom is -0.267 e. The highest BCUT2D eigenvalue weighted by atomic mass is 14.7. The second-order valence-electron chi connectivity index (χ2n) is 3.88. The highest BCUT2D eigenvalue weighted by Crippen LogP contribution is 2.13. The van der Waals surface area contributed by atoms with E-state index in [9.17, 15) is 0 Å². The van der Waals surface area contributed by atoms with Crippen LogP contribution in [0.15, 0.2) is 23.5 Å². The molecule has 0 aromatic carbocycles. The van der Waals surface area contributed by atoms with E-state index in [1.807, 2.05) is 30.9 Å². The van der Waals surface area contributed by atoms with Gasteiger partial charge < -0.3 is 0 Å². The smallest absolute Gasteiger partial charge is 0.0361 e. The number of aromatic nitrogens is 1. The molecular weight excluding hydrogens is 160 g/mol. The predicted molar refractivity (Wildman–Crippen MR) is 54.7 cm³/mol. The summed E-state index contributed by atoms with van der Waals surface area (Å²) in [4.78, 5) is 8.31. The van der Waals surface area contributed by atoms with Crippen LogP contribution in [0.5, 0.6) is 0 Å². The van der Waals surface area contributed by atoms with Gasteiger partial charge in [0.15, 0.2) is 0 Å². The van der Waals surface area contributed by atoms with Crippen LogP contribution >= 0.6 is 0 Å². The molecule has 0 unspecified atom stereocenters. The average molecular weight is 172 g/mol. The number of rotatable bonds is 0. The summed E-state index contributed by atoms with van der Waals surface area (Å²) >= 11 is 0. The van der Waals surface area contributed by atoms with Crippen LogP contribution < -0.4 is 10.4 Å². The second kappa shape index (κ2) is 2.80. The Balaban J connectivity index is 2.77. The van der Waals surface area contributed by atoms with E-state index in [0.29, 0.717) is 0 Å². The fourth-order valence-corrected chi connectivity index (χ4v) is 1.40. The van der Waals surface area contributed by atoms with Crippen LogP contribution in [-0.4, -0.2) is 11.2 Å². The number of nitrogens with zero attached hydrogens (tertiary/aromatic N) is 2. The fourth-order valence-electron chi connectivity index (χ4n) is 1.40. The third-order valence-electron chi connectivity index (χ3n) is 2.04. The summed E-state index contributed by atoms with van der Waals surface area (Å²) in [5.74, 6) is 0. The minimum absolute atomic E-state index is 0.0309. The van der Waals surface area contributed by atoms with E-state index in [2.05, 4.69) is 29.9 Å². The van der Waals surface area contributed by atoms with E-state index < -0.39 is 0 Å². The summed E-state index contributed by atoms with van der Waals surface area (Å²) in [6, 6.07) is 2.02. The monoisotopic (exact) mass is 172 g/mol. The summed E-state index contributed by atoms with van der Waals surface area (Å²) < 4.78 is 0. The molecule has 13 heavy (non-hydrogen) atoms. The van der Waals surface area contributed by atoms with E-state index in [-0.39, 0.29) is 5.41 Å². The first-order chi connectivity index (χ1) is 6.17. The Hall–Kier alpha value is -1.44. The van der Waals surface area contributed by atoms with Crippen molar-refractivity contribution in [1.82, 2.24) is 4.98 Å². The zero-order chi connectivity index (χ0) is 9.31. The Labute approximate surface area is 77.4 Å². The third kappa shape index (κ3) is 1.66. The number of pyridine rings is 1. The van der Waals surface area contributed by atoms with E-state index in [1.165, 1.54) is 5.22 Å². The molecule has 0 spiro atoms. The maximum Gasteiger partial charge on any atom is 0.0361 e. The molecule has 0 bridgehead atoms. The fraction of sp³-hybridized carbons (Fsp3) is 0.273. The predicted octanol–water partition coefficient (Wildman–Crippen LogP) is 0.711. The highest BCUT2D eigenvalue weighted by Gasteiger charge is 2.11. The summed E-state index contributed by atoms with van der Waals surface area (Å²) in [6.45, 7) is 4.28. The summed E-state index contributed by atoms with van der Waals surface area (Å²) in [5, 5.41) is 2.29. The quantitative estimate of drug-likeness (QED) is 0.566. The highest BCUT2D eigenvalue weighted by molar-refractivity contribution is 5.76. The normalized spacial score (nSPS) is 18.0. The lowest BCUT2D eigenvalue weighted by Gasteiger charge is -2.11. The van der Waals surface area contributed by atoms with Crippen molar-refractivity contribution in [2.24, 2.45) is 10.4 Å². The Kier molecular flexibility index (Phi) is 1.76. The van der Waals surface area contributed by atoms with Crippen LogP contribution in [0.1, 0.15) is 13.8 Å². The van der Waals surface area contributed by atoms with E-state index >= 15 is 0 Å². The van der Waals surface area contributed by atoms with Gasteiger partial charge in [-0.05, 0) is 11.3 Å². The molecule has 0 fully saturated rings. The van der Waals surface area contributed by atoms with Gasteiger partial charge in [0.25, 0.3) is 0 Å². The molecule has 1 aromatic rings. The molecule has 0 amide bonds. The van der Waals surface area contributed by atoms with Gasteiger partial charge in [-0.25, -0.2) is 0 Å². The molecule has 2 heteroatoms. The number of aliphatic imine (C=N–C) groups is 1. The molecule has 1 aliphatic rings. The topological polar surface area (TPSA) is 25.2 Å². The summed E-state index contributed by atoms with van der Waals surface area (Å²) in [5.41, 5.74) is 0.0309. The number of hydrogen-bond donors (Lipinski definition) is 0. The maximum absolute atomic E-state index is 4.24. The molecule has 2 rings (SSSR count). The van der Waals surface area contributed by atoms with Gasteiger partial charge in [0.05, 0.1) is 0 Å². The molecule has 2 nitrogen and oxygen atoms in total. The largest absolute Gasteiger partial charge is 0.267 e. The zero-order valence-corrected chi connectivity index (χ0v) is 7.86. The van der Waals surface area contributed by atoms with Crippen LogP contribution in [0, 0.1) is 5.41 Å². The van der Waals surface area contributed by atoms with E-state index in [4.69, 9.17) is 0 Å². The van der Waals surface area contributed by atoms with Gasteiger partial charge in [0, 0.05) is 35.4 Å². The van der Waals surface area contributed by atoms with Crippen molar-refractivity contribution in [1.29, 1.82) is 0 Å². The van der Waals surface area contributed by atoms with Gasteiger partial charge in [-0.3, -0.25) is 9.98 Å². The van der Waals surface area contributed by atoms with Crippen LogP contribution in [0.3, 0.4) is 0 Å². The molecular formula is C11H12N2. The van der Waals surface area contributed by atoms with Crippen molar-refractivity contribution in [3.63, 3.8) is 0 Å². The zero-order valence-electron chi connectivity index (χ0n) is 7.86. The SMILES string of the molecule is CC1(C)C=NC=c2cnccc2=C1. The molecule has 1 aliphatic heterocycles. The van der Waals surface area contributed by atoms with Crippen molar-refractivity contribution in [2.45, 2.75) is 13.8 Å². The molecule has 0 N–H and O–H groups in total. The Bertz CT molecular complexity index is 455. The molecule has 0 aliphatic carbocycles. The second-order valence-corrected chi connectivity index (χ2v) is 3.88. The van der Waals surface area contributed by atoms with E-state index in [0.717, 1.165) is 5.22 Å². The molecule has 0 atom stereocenters. The molecule has 66 valence electrons. The Morgan fingerprint density at radius 3 is 2.92 bits per heavy atom. The first-order valence-electron chi connectivity index (χ1n) is 4.35. The van der Waals surface area contributed by atoms with Gasteiger partial charge in [0.1, 0.15) is 0 Å². The Morgan fingerprint density at radius 2 is 2.08 bits per heavy atom. The van der Waals surface area contributed by atoms with Crippen molar-refractivity contribution in [3.8, 4) is 0 Å². The molecule has 2 heterocycles. The van der Waals surface area contributed by atoms with Gasteiger partial charge in [-0.2, -0.15) is 0 Å². The maximum atomic E-state index is 4.24.